The molecule has 80 valence electrons. The van der Waals surface area contributed by atoms with Gasteiger partial charge in [-0.2, -0.15) is 0 Å². The Morgan fingerprint density at radius 2 is 2.27 bits per heavy atom. The second-order valence-electron chi connectivity index (χ2n) is 4.01. The van der Waals surface area contributed by atoms with Gasteiger partial charge >= 0.3 is 0 Å². The summed E-state index contributed by atoms with van der Waals surface area (Å²) >= 11 is 0. The van der Waals surface area contributed by atoms with Crippen LogP contribution in [0.15, 0.2) is 18.2 Å². The molecule has 15 heavy (non-hydrogen) atoms. The van der Waals surface area contributed by atoms with Crippen molar-refractivity contribution in [2.24, 2.45) is 5.73 Å². The largest absolute Gasteiger partial charge is 0.454 e. The molecule has 1 fully saturated rings. The van der Waals surface area contributed by atoms with E-state index in [2.05, 4.69) is 11.0 Å². The van der Waals surface area contributed by atoms with E-state index in [4.69, 9.17) is 15.2 Å². The van der Waals surface area contributed by atoms with Crippen molar-refractivity contribution in [1.82, 2.24) is 0 Å². The van der Waals surface area contributed by atoms with Gasteiger partial charge in [-0.25, -0.2) is 0 Å². The molecule has 1 aromatic rings. The summed E-state index contributed by atoms with van der Waals surface area (Å²) in [6.45, 7) is 2.23. The van der Waals surface area contributed by atoms with Crippen molar-refractivity contribution in [3.63, 3.8) is 0 Å². The number of para-hydroxylation sites is 1. The van der Waals surface area contributed by atoms with Crippen LogP contribution in [-0.4, -0.2) is 25.9 Å². The van der Waals surface area contributed by atoms with E-state index in [1.54, 1.807) is 0 Å². The lowest BCUT2D eigenvalue weighted by atomic mass is 10.2. The molecule has 4 heteroatoms. The van der Waals surface area contributed by atoms with Gasteiger partial charge < -0.3 is 20.1 Å². The maximum atomic E-state index is 5.89. The third-order valence-electron chi connectivity index (χ3n) is 2.94. The quantitative estimate of drug-likeness (QED) is 0.743. The Balaban J connectivity index is 1.95. The lowest BCUT2D eigenvalue weighted by molar-refractivity contribution is 0.174. The first-order chi connectivity index (χ1) is 7.34. The van der Waals surface area contributed by atoms with Gasteiger partial charge in [0, 0.05) is 19.1 Å². The van der Waals surface area contributed by atoms with Crippen LogP contribution in [0.25, 0.3) is 0 Å². The van der Waals surface area contributed by atoms with Gasteiger partial charge in [0.15, 0.2) is 11.5 Å². The number of ether oxygens (including phenoxy) is 2. The maximum absolute atomic E-state index is 5.89. The van der Waals surface area contributed by atoms with Crippen LogP contribution in [-0.2, 0) is 0 Å². The molecule has 2 heterocycles. The fraction of sp³-hybridized carbons (Fsp3) is 0.455. The molecule has 2 aliphatic heterocycles. The van der Waals surface area contributed by atoms with Gasteiger partial charge in [0.05, 0.1) is 5.69 Å². The lowest BCUT2D eigenvalue weighted by Crippen LogP contribution is -2.26. The average molecular weight is 206 g/mol. The predicted molar refractivity (Wildman–Crippen MR) is 57.4 cm³/mol. The maximum Gasteiger partial charge on any atom is 0.231 e. The highest BCUT2D eigenvalue weighted by Crippen LogP contribution is 2.41. The highest BCUT2D eigenvalue weighted by molar-refractivity contribution is 5.66. The van der Waals surface area contributed by atoms with Crippen LogP contribution in [0.3, 0.4) is 0 Å². The van der Waals surface area contributed by atoms with Crippen molar-refractivity contribution in [1.29, 1.82) is 0 Å². The van der Waals surface area contributed by atoms with E-state index in [9.17, 15) is 0 Å². The van der Waals surface area contributed by atoms with Crippen molar-refractivity contribution in [2.45, 2.75) is 12.5 Å². The highest BCUT2D eigenvalue weighted by Gasteiger charge is 2.25. The Hall–Kier alpha value is -1.42. The van der Waals surface area contributed by atoms with E-state index in [0.29, 0.717) is 6.79 Å². The fourth-order valence-corrected chi connectivity index (χ4v) is 2.17. The van der Waals surface area contributed by atoms with Gasteiger partial charge in [0.2, 0.25) is 6.79 Å². The molecule has 1 aromatic carbocycles. The first-order valence-corrected chi connectivity index (χ1v) is 5.24. The molecule has 2 aliphatic rings. The Morgan fingerprint density at radius 3 is 3.07 bits per heavy atom. The molecule has 0 bridgehead atoms. The molecule has 0 saturated carbocycles. The van der Waals surface area contributed by atoms with Gasteiger partial charge in [-0.1, -0.05) is 6.07 Å². The average Bonchev–Trinajstić information content (AvgIpc) is 2.84. The molecule has 0 radical (unpaired) electrons. The number of benzene rings is 1. The van der Waals surface area contributed by atoms with Crippen LogP contribution in [0.2, 0.25) is 0 Å². The van der Waals surface area contributed by atoms with E-state index in [-0.39, 0.29) is 6.04 Å². The van der Waals surface area contributed by atoms with Gasteiger partial charge in [-0.05, 0) is 18.6 Å². The van der Waals surface area contributed by atoms with E-state index in [0.717, 1.165) is 36.7 Å². The summed E-state index contributed by atoms with van der Waals surface area (Å²) in [6.07, 6.45) is 1.05. The number of fused-ring (bicyclic) bond motifs is 1. The predicted octanol–water partition coefficient (Wildman–Crippen LogP) is 0.953. The monoisotopic (exact) mass is 206 g/mol. The summed E-state index contributed by atoms with van der Waals surface area (Å²) in [5.74, 6) is 1.71. The zero-order valence-corrected chi connectivity index (χ0v) is 8.48. The zero-order chi connectivity index (χ0) is 10.3. The second-order valence-corrected chi connectivity index (χ2v) is 4.01. The molecule has 4 nitrogen and oxygen atoms in total. The van der Waals surface area contributed by atoms with Crippen LogP contribution in [0.4, 0.5) is 5.69 Å². The Bertz CT molecular complexity index is 381. The van der Waals surface area contributed by atoms with Crippen molar-refractivity contribution < 1.29 is 9.47 Å². The minimum absolute atomic E-state index is 0.281. The minimum atomic E-state index is 0.281. The summed E-state index contributed by atoms with van der Waals surface area (Å²) in [7, 11) is 0. The fourth-order valence-electron chi connectivity index (χ4n) is 2.17. The number of nitrogens with zero attached hydrogens (tertiary/aromatic N) is 1. The highest BCUT2D eigenvalue weighted by atomic mass is 16.7. The summed E-state index contributed by atoms with van der Waals surface area (Å²) < 4.78 is 10.8. The molecule has 3 rings (SSSR count). The zero-order valence-electron chi connectivity index (χ0n) is 8.48. The molecule has 1 saturated heterocycles. The molecule has 2 N–H and O–H groups in total. The van der Waals surface area contributed by atoms with Gasteiger partial charge in [-0.15, -0.1) is 0 Å². The van der Waals surface area contributed by atoms with Crippen molar-refractivity contribution in [2.75, 3.05) is 24.8 Å². The van der Waals surface area contributed by atoms with Crippen molar-refractivity contribution in [3.05, 3.63) is 18.2 Å². The van der Waals surface area contributed by atoms with Crippen LogP contribution < -0.4 is 20.1 Å². The number of hydrogen-bond donors (Lipinski definition) is 1. The molecule has 0 spiro atoms. The van der Waals surface area contributed by atoms with Crippen LogP contribution >= 0.6 is 0 Å². The molecule has 0 aliphatic carbocycles. The summed E-state index contributed by atoms with van der Waals surface area (Å²) in [5.41, 5.74) is 7.00. The molecule has 1 atom stereocenters. The number of rotatable bonds is 1. The minimum Gasteiger partial charge on any atom is -0.454 e. The number of anilines is 1. The van der Waals surface area contributed by atoms with Crippen LogP contribution in [0, 0.1) is 0 Å². The summed E-state index contributed by atoms with van der Waals surface area (Å²) in [6, 6.07) is 6.27. The van der Waals surface area contributed by atoms with Crippen molar-refractivity contribution in [3.8, 4) is 11.5 Å². The number of nitrogens with two attached hydrogens (primary N) is 1. The smallest absolute Gasteiger partial charge is 0.231 e. The molecule has 0 aromatic heterocycles. The molecular weight excluding hydrogens is 192 g/mol. The molecule has 0 amide bonds. The SMILES string of the molecule is NC1CCN(c2cccc3c2OCO3)C1. The van der Waals surface area contributed by atoms with E-state index in [1.807, 2.05) is 12.1 Å². The van der Waals surface area contributed by atoms with Gasteiger partial charge in [0.1, 0.15) is 0 Å². The summed E-state index contributed by atoms with van der Waals surface area (Å²) in [5, 5.41) is 0. The third-order valence-corrected chi connectivity index (χ3v) is 2.94. The van der Waals surface area contributed by atoms with E-state index >= 15 is 0 Å². The van der Waals surface area contributed by atoms with E-state index in [1.165, 1.54) is 0 Å². The van der Waals surface area contributed by atoms with Gasteiger partial charge in [0.25, 0.3) is 0 Å². The first-order valence-electron chi connectivity index (χ1n) is 5.24. The van der Waals surface area contributed by atoms with Crippen LogP contribution in [0.1, 0.15) is 6.42 Å². The third kappa shape index (κ3) is 1.41. The summed E-state index contributed by atoms with van der Waals surface area (Å²) in [4.78, 5) is 2.26. The second kappa shape index (κ2) is 3.31. The van der Waals surface area contributed by atoms with Gasteiger partial charge in [-0.3, -0.25) is 0 Å². The Kier molecular flexibility index (Phi) is 1.95. The normalized spacial score (nSPS) is 23.5. The first kappa shape index (κ1) is 8.85. The Morgan fingerprint density at radius 1 is 1.33 bits per heavy atom. The topological polar surface area (TPSA) is 47.7 Å². The lowest BCUT2D eigenvalue weighted by Gasteiger charge is -2.19. The van der Waals surface area contributed by atoms with E-state index < -0.39 is 0 Å². The van der Waals surface area contributed by atoms with Crippen LogP contribution in [0.5, 0.6) is 11.5 Å². The Labute approximate surface area is 88.6 Å². The molecular formula is C11H14N2O2. The standard InChI is InChI=1S/C11H14N2O2/c12-8-4-5-13(6-8)9-2-1-3-10-11(9)15-7-14-10/h1-3,8H,4-7,12H2. The van der Waals surface area contributed by atoms with Crippen molar-refractivity contribution >= 4 is 5.69 Å². The molecule has 1 unspecified atom stereocenters. The number of hydrogen-bond acceptors (Lipinski definition) is 4.